The number of piperazine rings is 1. The van der Waals surface area contributed by atoms with Crippen molar-refractivity contribution in [1.82, 2.24) is 15.5 Å². The molecule has 9 nitrogen and oxygen atoms in total. The van der Waals surface area contributed by atoms with E-state index in [-0.39, 0.29) is 38.4 Å². The predicted octanol–water partition coefficient (Wildman–Crippen LogP) is 1.50. The summed E-state index contributed by atoms with van der Waals surface area (Å²) in [6, 6.07) is 17.0. The number of rotatable bonds is 9. The van der Waals surface area contributed by atoms with Crippen LogP contribution in [0.1, 0.15) is 18.9 Å². The molecule has 2 N–H and O–H groups in total. The largest absolute Gasteiger partial charge is 0.490 e. The molecule has 0 aromatic heterocycles. The van der Waals surface area contributed by atoms with E-state index in [1.165, 1.54) is 17.9 Å². The third kappa shape index (κ3) is 7.19. The summed E-state index contributed by atoms with van der Waals surface area (Å²) in [4.78, 5) is 51.2. The number of amides is 3. The summed E-state index contributed by atoms with van der Waals surface area (Å²) in [5.74, 6) is -1.42. The van der Waals surface area contributed by atoms with E-state index in [0.717, 1.165) is 0 Å². The molecule has 1 atom stereocenters. The van der Waals surface area contributed by atoms with Crippen LogP contribution in [0.3, 0.4) is 0 Å². The van der Waals surface area contributed by atoms with E-state index in [2.05, 4.69) is 10.6 Å². The molecule has 0 bridgehead atoms. The van der Waals surface area contributed by atoms with Gasteiger partial charge in [0.05, 0.1) is 6.42 Å². The highest BCUT2D eigenvalue weighted by molar-refractivity contribution is 6.03. The maximum absolute atomic E-state index is 13.3. The molecular formula is C25H27N3O6. The standard InChI is InChI=1S/C25H27N3O6/c1-18(29)27-21(16-19-8-4-2-5-9-19)25(32)28-13-12-26-24(31)22(28)17-23(30)34-15-14-33-20-10-6-3-7-11-20/h2-11,16,22H,12-15,17H2,1H3,(H,26,31)(H,27,29)/b21-16-/t22-/m0/s1. The first kappa shape index (κ1) is 24.5. The van der Waals surface area contributed by atoms with Crippen molar-refractivity contribution in [2.24, 2.45) is 0 Å². The van der Waals surface area contributed by atoms with E-state index in [9.17, 15) is 19.2 Å². The first-order valence-electron chi connectivity index (χ1n) is 10.9. The second kappa shape index (κ2) is 12.2. The average Bonchev–Trinajstić information content (AvgIpc) is 2.83. The summed E-state index contributed by atoms with van der Waals surface area (Å²) in [5, 5.41) is 5.21. The zero-order valence-electron chi connectivity index (χ0n) is 18.9. The molecule has 2 aromatic rings. The van der Waals surface area contributed by atoms with Crippen LogP contribution in [0.25, 0.3) is 6.08 Å². The normalized spacial score (nSPS) is 15.8. The highest BCUT2D eigenvalue weighted by Crippen LogP contribution is 2.15. The Morgan fingerprint density at radius 3 is 2.41 bits per heavy atom. The molecule has 3 amide bonds. The van der Waals surface area contributed by atoms with Crippen LogP contribution in [0.15, 0.2) is 66.4 Å². The average molecular weight is 466 g/mol. The van der Waals surface area contributed by atoms with Crippen molar-refractivity contribution in [3.05, 3.63) is 71.9 Å². The van der Waals surface area contributed by atoms with Crippen LogP contribution in [-0.2, 0) is 23.9 Å². The summed E-state index contributed by atoms with van der Waals surface area (Å²) >= 11 is 0. The molecule has 1 heterocycles. The molecule has 3 rings (SSSR count). The van der Waals surface area contributed by atoms with E-state index < -0.39 is 29.7 Å². The first-order chi connectivity index (χ1) is 16.4. The van der Waals surface area contributed by atoms with Crippen molar-refractivity contribution >= 4 is 29.8 Å². The molecule has 1 aliphatic heterocycles. The monoisotopic (exact) mass is 465 g/mol. The molecule has 1 saturated heterocycles. The number of carbonyl (C=O) groups is 4. The van der Waals surface area contributed by atoms with E-state index in [1.54, 1.807) is 36.4 Å². The number of carbonyl (C=O) groups excluding carboxylic acids is 4. The van der Waals surface area contributed by atoms with E-state index in [4.69, 9.17) is 9.47 Å². The van der Waals surface area contributed by atoms with Crippen molar-refractivity contribution < 1.29 is 28.7 Å². The molecule has 0 aliphatic carbocycles. The lowest BCUT2D eigenvalue weighted by Gasteiger charge is -2.35. The molecule has 0 radical (unpaired) electrons. The maximum Gasteiger partial charge on any atom is 0.308 e. The molecule has 1 aliphatic rings. The van der Waals surface area contributed by atoms with Crippen LogP contribution in [0.2, 0.25) is 0 Å². The Hall–Kier alpha value is -4.14. The number of para-hydroxylation sites is 1. The maximum atomic E-state index is 13.3. The van der Waals surface area contributed by atoms with Crippen LogP contribution in [-0.4, -0.2) is 60.9 Å². The number of nitrogens with zero attached hydrogens (tertiary/aromatic N) is 1. The van der Waals surface area contributed by atoms with Crippen molar-refractivity contribution in [3.63, 3.8) is 0 Å². The Morgan fingerprint density at radius 2 is 1.74 bits per heavy atom. The highest BCUT2D eigenvalue weighted by atomic mass is 16.6. The van der Waals surface area contributed by atoms with Gasteiger partial charge in [-0.2, -0.15) is 0 Å². The van der Waals surface area contributed by atoms with Gasteiger partial charge in [-0.1, -0.05) is 48.5 Å². The van der Waals surface area contributed by atoms with Gasteiger partial charge < -0.3 is 25.0 Å². The van der Waals surface area contributed by atoms with Gasteiger partial charge in [-0.15, -0.1) is 0 Å². The number of hydrogen-bond acceptors (Lipinski definition) is 6. The zero-order valence-corrected chi connectivity index (χ0v) is 18.9. The highest BCUT2D eigenvalue weighted by Gasteiger charge is 2.36. The van der Waals surface area contributed by atoms with Gasteiger partial charge in [0.25, 0.3) is 5.91 Å². The number of ether oxygens (including phenoxy) is 2. The molecule has 1 fully saturated rings. The second-order valence-corrected chi connectivity index (χ2v) is 7.54. The van der Waals surface area contributed by atoms with E-state index in [1.807, 2.05) is 24.3 Å². The Bertz CT molecular complexity index is 1040. The van der Waals surface area contributed by atoms with Crippen molar-refractivity contribution in [3.8, 4) is 5.75 Å². The zero-order chi connectivity index (χ0) is 24.3. The minimum Gasteiger partial charge on any atom is -0.490 e. The minimum atomic E-state index is -1.06. The van der Waals surface area contributed by atoms with Crippen LogP contribution < -0.4 is 15.4 Å². The molecule has 0 spiro atoms. The summed E-state index contributed by atoms with van der Waals surface area (Å²) in [7, 11) is 0. The SMILES string of the molecule is CC(=O)N/C(=C\c1ccccc1)C(=O)N1CCNC(=O)[C@@H]1CC(=O)OCCOc1ccccc1. The number of hydrogen-bond donors (Lipinski definition) is 2. The second-order valence-electron chi connectivity index (χ2n) is 7.54. The van der Waals surface area contributed by atoms with Gasteiger partial charge in [0.15, 0.2) is 0 Å². The van der Waals surface area contributed by atoms with Gasteiger partial charge in [0.2, 0.25) is 11.8 Å². The molecule has 34 heavy (non-hydrogen) atoms. The molecule has 0 saturated carbocycles. The van der Waals surface area contributed by atoms with Gasteiger partial charge in [-0.25, -0.2) is 0 Å². The van der Waals surface area contributed by atoms with Crippen LogP contribution in [0.4, 0.5) is 0 Å². The fourth-order valence-corrected chi connectivity index (χ4v) is 3.42. The number of nitrogens with one attached hydrogen (secondary N) is 2. The fourth-order valence-electron chi connectivity index (χ4n) is 3.42. The van der Waals surface area contributed by atoms with Gasteiger partial charge in [0, 0.05) is 20.0 Å². The third-order valence-electron chi connectivity index (χ3n) is 4.96. The molecule has 178 valence electrons. The molecular weight excluding hydrogens is 438 g/mol. The molecule has 2 aromatic carbocycles. The topological polar surface area (TPSA) is 114 Å². The van der Waals surface area contributed by atoms with Gasteiger partial charge in [-0.3, -0.25) is 19.2 Å². The summed E-state index contributed by atoms with van der Waals surface area (Å²) in [5.41, 5.74) is 0.721. The summed E-state index contributed by atoms with van der Waals surface area (Å²) in [6.07, 6.45) is 1.22. The smallest absolute Gasteiger partial charge is 0.308 e. The first-order valence-corrected chi connectivity index (χ1v) is 10.9. The van der Waals surface area contributed by atoms with Crippen molar-refractivity contribution in [2.75, 3.05) is 26.3 Å². The van der Waals surface area contributed by atoms with Crippen molar-refractivity contribution in [2.45, 2.75) is 19.4 Å². The van der Waals surface area contributed by atoms with E-state index in [0.29, 0.717) is 11.3 Å². The number of benzene rings is 2. The molecule has 9 heteroatoms. The van der Waals surface area contributed by atoms with Crippen molar-refractivity contribution in [1.29, 1.82) is 0 Å². The summed E-state index contributed by atoms with van der Waals surface area (Å²) in [6.45, 7) is 1.87. The third-order valence-corrected chi connectivity index (χ3v) is 4.96. The van der Waals surface area contributed by atoms with Crippen LogP contribution in [0, 0.1) is 0 Å². The van der Waals surface area contributed by atoms with Crippen LogP contribution >= 0.6 is 0 Å². The lowest BCUT2D eigenvalue weighted by molar-refractivity contribution is -0.151. The Balaban J connectivity index is 1.64. The fraction of sp³-hybridized carbons (Fsp3) is 0.280. The Morgan fingerprint density at radius 1 is 1.06 bits per heavy atom. The van der Waals surface area contributed by atoms with E-state index >= 15 is 0 Å². The number of esters is 1. The predicted molar refractivity (Wildman–Crippen MR) is 124 cm³/mol. The lowest BCUT2D eigenvalue weighted by Crippen LogP contribution is -2.58. The Kier molecular flexibility index (Phi) is 8.79. The quantitative estimate of drug-likeness (QED) is 0.330. The van der Waals surface area contributed by atoms with Gasteiger partial charge in [0.1, 0.15) is 30.7 Å². The van der Waals surface area contributed by atoms with Gasteiger partial charge >= 0.3 is 5.97 Å². The molecule has 0 unspecified atom stereocenters. The lowest BCUT2D eigenvalue weighted by atomic mass is 10.1. The Labute approximate surface area is 197 Å². The van der Waals surface area contributed by atoms with Crippen LogP contribution in [0.5, 0.6) is 5.75 Å². The van der Waals surface area contributed by atoms with Gasteiger partial charge in [-0.05, 0) is 23.8 Å². The summed E-state index contributed by atoms with van der Waals surface area (Å²) < 4.78 is 10.7. The minimum absolute atomic E-state index is 0.00106.